The normalized spacial score (nSPS) is 19.2. The monoisotopic (exact) mass is 363 g/mol. The van der Waals surface area contributed by atoms with Gasteiger partial charge in [-0.2, -0.15) is 26.3 Å². The van der Waals surface area contributed by atoms with Gasteiger partial charge in [0.15, 0.2) is 0 Å². The number of alkyl halides is 6. The van der Waals surface area contributed by atoms with Crippen molar-refractivity contribution < 1.29 is 35.9 Å². The van der Waals surface area contributed by atoms with Crippen molar-refractivity contribution in [2.45, 2.75) is 25.2 Å². The van der Waals surface area contributed by atoms with Gasteiger partial charge in [-0.05, 0) is 20.0 Å². The quantitative estimate of drug-likeness (QED) is 0.550. The standard InChI is InChI=1S/C13H19F6N3O2/c1-21(7-12(14,15)16)4-2-3-20-11(24)9-5-10(23)22(6-9)8-13(17,18)19/h9H,2-8H2,1H3,(H,20,24). The molecule has 1 heterocycles. The summed E-state index contributed by atoms with van der Waals surface area (Å²) in [4.78, 5) is 24.9. The molecule has 1 rings (SSSR count). The smallest absolute Gasteiger partial charge is 0.356 e. The van der Waals surface area contributed by atoms with E-state index in [1.165, 1.54) is 7.05 Å². The molecule has 0 aromatic heterocycles. The van der Waals surface area contributed by atoms with Gasteiger partial charge in [-0.25, -0.2) is 0 Å². The molecule has 140 valence electrons. The fraction of sp³-hybridized carbons (Fsp3) is 0.846. The number of carbonyl (C=O) groups excluding carboxylic acids is 2. The van der Waals surface area contributed by atoms with Crippen molar-refractivity contribution in [2.75, 3.05) is 39.8 Å². The summed E-state index contributed by atoms with van der Waals surface area (Å²) < 4.78 is 73.1. The van der Waals surface area contributed by atoms with Crippen molar-refractivity contribution in [3.8, 4) is 0 Å². The van der Waals surface area contributed by atoms with Crippen LogP contribution in [0.25, 0.3) is 0 Å². The number of amides is 2. The van der Waals surface area contributed by atoms with E-state index < -0.39 is 43.2 Å². The van der Waals surface area contributed by atoms with E-state index in [0.717, 1.165) is 4.90 Å². The Morgan fingerprint density at radius 3 is 2.42 bits per heavy atom. The summed E-state index contributed by atoms with van der Waals surface area (Å²) in [5.41, 5.74) is 0. The molecule has 24 heavy (non-hydrogen) atoms. The molecule has 1 saturated heterocycles. The molecule has 1 N–H and O–H groups in total. The number of hydrogen-bond donors (Lipinski definition) is 1. The van der Waals surface area contributed by atoms with Gasteiger partial charge in [0.25, 0.3) is 0 Å². The van der Waals surface area contributed by atoms with Crippen LogP contribution in [0, 0.1) is 5.92 Å². The summed E-state index contributed by atoms with van der Waals surface area (Å²) in [6.07, 6.45) is -8.87. The molecule has 1 aliphatic heterocycles. The van der Waals surface area contributed by atoms with Crippen molar-refractivity contribution in [3.05, 3.63) is 0 Å². The Hall–Kier alpha value is -1.52. The second-order valence-corrected chi connectivity index (χ2v) is 5.79. The van der Waals surface area contributed by atoms with Crippen LogP contribution in [0.3, 0.4) is 0 Å². The Kier molecular flexibility index (Phi) is 6.87. The highest BCUT2D eigenvalue weighted by molar-refractivity contribution is 5.89. The van der Waals surface area contributed by atoms with E-state index in [-0.39, 0.29) is 32.5 Å². The summed E-state index contributed by atoms with van der Waals surface area (Å²) in [6.45, 7) is -2.57. The molecule has 0 bridgehead atoms. The summed E-state index contributed by atoms with van der Waals surface area (Å²) in [5, 5.41) is 2.44. The lowest BCUT2D eigenvalue weighted by Gasteiger charge is -2.19. The molecule has 11 heteroatoms. The van der Waals surface area contributed by atoms with Gasteiger partial charge in [-0.1, -0.05) is 0 Å². The maximum atomic E-state index is 12.3. The zero-order valence-corrected chi connectivity index (χ0v) is 13.0. The highest BCUT2D eigenvalue weighted by Gasteiger charge is 2.40. The fourth-order valence-electron chi connectivity index (χ4n) is 2.41. The zero-order chi connectivity index (χ0) is 18.5. The Bertz CT molecular complexity index is 452. The average molecular weight is 363 g/mol. The SMILES string of the molecule is CN(CCCNC(=O)C1CC(=O)N(CC(F)(F)F)C1)CC(F)(F)F. The number of rotatable bonds is 7. The van der Waals surface area contributed by atoms with Crippen LogP contribution in [-0.2, 0) is 9.59 Å². The molecule has 1 aliphatic rings. The van der Waals surface area contributed by atoms with Crippen molar-refractivity contribution in [1.29, 1.82) is 0 Å². The highest BCUT2D eigenvalue weighted by Crippen LogP contribution is 2.23. The maximum Gasteiger partial charge on any atom is 0.406 e. The molecule has 5 nitrogen and oxygen atoms in total. The Labute approximate surface area is 134 Å². The van der Waals surface area contributed by atoms with Crippen LogP contribution in [0.2, 0.25) is 0 Å². The van der Waals surface area contributed by atoms with E-state index in [4.69, 9.17) is 0 Å². The zero-order valence-electron chi connectivity index (χ0n) is 13.0. The molecule has 0 saturated carbocycles. The van der Waals surface area contributed by atoms with Gasteiger partial charge < -0.3 is 10.2 Å². The topological polar surface area (TPSA) is 52.7 Å². The van der Waals surface area contributed by atoms with Crippen molar-refractivity contribution >= 4 is 11.8 Å². The molecule has 0 spiro atoms. The van der Waals surface area contributed by atoms with Crippen LogP contribution >= 0.6 is 0 Å². The average Bonchev–Trinajstić information content (AvgIpc) is 2.72. The molecular weight excluding hydrogens is 344 g/mol. The molecule has 0 aliphatic carbocycles. The van der Waals surface area contributed by atoms with Crippen molar-refractivity contribution in [3.63, 3.8) is 0 Å². The number of carbonyl (C=O) groups is 2. The predicted octanol–water partition coefficient (Wildman–Crippen LogP) is 1.40. The number of nitrogens with one attached hydrogen (secondary N) is 1. The molecule has 1 fully saturated rings. The van der Waals surface area contributed by atoms with Crippen LogP contribution in [0.4, 0.5) is 26.3 Å². The number of nitrogens with zero attached hydrogens (tertiary/aromatic N) is 2. The van der Waals surface area contributed by atoms with E-state index in [0.29, 0.717) is 4.90 Å². The van der Waals surface area contributed by atoms with Gasteiger partial charge in [0.2, 0.25) is 11.8 Å². The van der Waals surface area contributed by atoms with Gasteiger partial charge in [0.05, 0.1) is 12.5 Å². The Morgan fingerprint density at radius 1 is 1.25 bits per heavy atom. The summed E-state index contributed by atoms with van der Waals surface area (Å²) in [5.74, 6) is -2.17. The lowest BCUT2D eigenvalue weighted by molar-refractivity contribution is -0.157. The minimum absolute atomic E-state index is 0.0883. The van der Waals surface area contributed by atoms with Gasteiger partial charge >= 0.3 is 12.4 Å². The van der Waals surface area contributed by atoms with Crippen LogP contribution in [-0.4, -0.2) is 73.7 Å². The second-order valence-electron chi connectivity index (χ2n) is 5.79. The Morgan fingerprint density at radius 2 is 1.88 bits per heavy atom. The maximum absolute atomic E-state index is 12.3. The summed E-state index contributed by atoms with van der Waals surface area (Å²) in [7, 11) is 1.29. The van der Waals surface area contributed by atoms with E-state index in [2.05, 4.69) is 5.32 Å². The molecule has 0 radical (unpaired) electrons. The molecule has 1 unspecified atom stereocenters. The summed E-state index contributed by atoms with van der Waals surface area (Å²) >= 11 is 0. The van der Waals surface area contributed by atoms with Gasteiger partial charge in [0.1, 0.15) is 6.54 Å². The molecule has 0 aromatic carbocycles. The van der Waals surface area contributed by atoms with E-state index in [1.807, 2.05) is 0 Å². The van der Waals surface area contributed by atoms with E-state index >= 15 is 0 Å². The predicted molar refractivity (Wildman–Crippen MR) is 71.9 cm³/mol. The fourth-order valence-corrected chi connectivity index (χ4v) is 2.41. The largest absolute Gasteiger partial charge is 0.406 e. The first kappa shape index (κ1) is 20.5. The summed E-state index contributed by atoms with van der Waals surface area (Å²) in [6, 6.07) is 0. The van der Waals surface area contributed by atoms with E-state index in [1.54, 1.807) is 0 Å². The third-order valence-electron chi connectivity index (χ3n) is 3.42. The number of hydrogen-bond acceptors (Lipinski definition) is 3. The third kappa shape index (κ3) is 7.84. The van der Waals surface area contributed by atoms with Crippen molar-refractivity contribution in [2.24, 2.45) is 5.92 Å². The molecule has 0 aromatic rings. The first-order valence-corrected chi connectivity index (χ1v) is 7.25. The number of halogens is 6. The minimum Gasteiger partial charge on any atom is -0.356 e. The second kappa shape index (κ2) is 8.04. The van der Waals surface area contributed by atoms with Crippen LogP contribution < -0.4 is 5.32 Å². The lowest BCUT2D eigenvalue weighted by atomic mass is 10.1. The van der Waals surface area contributed by atoms with Gasteiger partial charge in [-0.3, -0.25) is 14.5 Å². The van der Waals surface area contributed by atoms with E-state index in [9.17, 15) is 35.9 Å². The van der Waals surface area contributed by atoms with Gasteiger partial charge in [0, 0.05) is 19.5 Å². The Balaban J connectivity index is 2.28. The van der Waals surface area contributed by atoms with Crippen molar-refractivity contribution in [1.82, 2.24) is 15.1 Å². The lowest BCUT2D eigenvalue weighted by Crippen LogP contribution is -2.38. The van der Waals surface area contributed by atoms with Crippen LogP contribution in [0.1, 0.15) is 12.8 Å². The first-order valence-electron chi connectivity index (χ1n) is 7.25. The molecule has 1 atom stereocenters. The number of likely N-dealkylation sites (tertiary alicyclic amines) is 1. The van der Waals surface area contributed by atoms with Crippen LogP contribution in [0.15, 0.2) is 0 Å². The highest BCUT2D eigenvalue weighted by atomic mass is 19.4. The van der Waals surface area contributed by atoms with Crippen LogP contribution in [0.5, 0.6) is 0 Å². The minimum atomic E-state index is -4.52. The first-order chi connectivity index (χ1) is 10.9. The molecular formula is C13H19F6N3O2. The third-order valence-corrected chi connectivity index (χ3v) is 3.42. The molecule has 2 amide bonds. The van der Waals surface area contributed by atoms with Gasteiger partial charge in [-0.15, -0.1) is 0 Å².